The lowest BCUT2D eigenvalue weighted by molar-refractivity contribution is 0.571. The van der Waals surface area contributed by atoms with Crippen molar-refractivity contribution in [1.29, 1.82) is 0 Å². The minimum Gasteiger partial charge on any atom is -0.279 e. The van der Waals surface area contributed by atoms with E-state index in [-0.39, 0.29) is 10.7 Å². The summed E-state index contributed by atoms with van der Waals surface area (Å²) in [7, 11) is -4.16. The molecule has 0 saturated heterocycles. The highest BCUT2D eigenvalue weighted by molar-refractivity contribution is 7.92. The highest BCUT2D eigenvalue weighted by Gasteiger charge is 2.21. The van der Waals surface area contributed by atoms with Gasteiger partial charge in [-0.25, -0.2) is 22.5 Å². The van der Waals surface area contributed by atoms with Crippen molar-refractivity contribution in [2.45, 2.75) is 18.7 Å². The average Bonchev–Trinajstić information content (AvgIpc) is 2.99. The normalized spacial score (nSPS) is 11.7. The van der Waals surface area contributed by atoms with Crippen molar-refractivity contribution >= 4 is 38.2 Å². The van der Waals surface area contributed by atoms with E-state index in [1.807, 2.05) is 26.0 Å². The first-order chi connectivity index (χ1) is 13.7. The molecule has 0 aliphatic carbocycles. The second-order valence-electron chi connectivity index (χ2n) is 6.60. The molecule has 0 amide bonds. The van der Waals surface area contributed by atoms with Crippen LogP contribution < -0.4 is 4.72 Å². The first kappa shape index (κ1) is 19.4. The SMILES string of the molecule is Cc1cc(C)n(-c2cccc(NS(=O)(=O)c3cc4ccc(Cl)nc4cc3F)c2)n1. The van der Waals surface area contributed by atoms with E-state index < -0.39 is 20.7 Å². The number of benzene rings is 2. The molecule has 29 heavy (non-hydrogen) atoms. The van der Waals surface area contributed by atoms with Crippen LogP contribution in [0, 0.1) is 19.7 Å². The molecule has 0 bridgehead atoms. The molecule has 0 aliphatic heterocycles. The Morgan fingerprint density at radius 2 is 1.86 bits per heavy atom. The molecule has 0 unspecified atom stereocenters. The van der Waals surface area contributed by atoms with Crippen LogP contribution in [0.4, 0.5) is 10.1 Å². The predicted molar refractivity (Wildman–Crippen MR) is 111 cm³/mol. The summed E-state index contributed by atoms with van der Waals surface area (Å²) in [6.07, 6.45) is 0. The summed E-state index contributed by atoms with van der Waals surface area (Å²) in [4.78, 5) is 3.53. The molecule has 0 radical (unpaired) electrons. The van der Waals surface area contributed by atoms with E-state index in [9.17, 15) is 12.8 Å². The smallest absolute Gasteiger partial charge is 0.264 e. The van der Waals surface area contributed by atoms with Gasteiger partial charge < -0.3 is 0 Å². The Morgan fingerprint density at radius 1 is 1.07 bits per heavy atom. The number of hydrogen-bond donors (Lipinski definition) is 1. The first-order valence-corrected chi connectivity index (χ1v) is 10.5. The van der Waals surface area contributed by atoms with Crippen molar-refractivity contribution in [2.75, 3.05) is 4.72 Å². The summed E-state index contributed by atoms with van der Waals surface area (Å²) in [5.74, 6) is -0.908. The van der Waals surface area contributed by atoms with Gasteiger partial charge in [0.25, 0.3) is 10.0 Å². The molecule has 4 rings (SSSR count). The summed E-state index contributed by atoms with van der Waals surface area (Å²) in [6, 6.07) is 14.1. The fraction of sp³-hybridized carbons (Fsp3) is 0.100. The van der Waals surface area contributed by atoms with Crippen LogP contribution in [-0.4, -0.2) is 23.2 Å². The Balaban J connectivity index is 1.72. The number of sulfonamides is 1. The summed E-state index contributed by atoms with van der Waals surface area (Å²) >= 11 is 5.81. The standard InChI is InChI=1S/C20H16ClFN4O2S/c1-12-8-13(2)26(24-12)16-5-3-4-15(10-16)25-29(27,28)19-9-14-6-7-20(21)23-18(14)11-17(19)22/h3-11,25H,1-2H3. The lowest BCUT2D eigenvalue weighted by Gasteiger charge is -2.12. The molecule has 2 heterocycles. The Morgan fingerprint density at radius 3 is 2.59 bits per heavy atom. The molecule has 148 valence electrons. The lowest BCUT2D eigenvalue weighted by atomic mass is 10.2. The number of fused-ring (bicyclic) bond motifs is 1. The van der Waals surface area contributed by atoms with Crippen LogP contribution in [0.25, 0.3) is 16.6 Å². The van der Waals surface area contributed by atoms with Gasteiger partial charge in [0, 0.05) is 17.1 Å². The molecule has 2 aromatic heterocycles. The summed E-state index contributed by atoms with van der Waals surface area (Å²) < 4.78 is 44.3. The topological polar surface area (TPSA) is 76.9 Å². The molecule has 0 fully saturated rings. The fourth-order valence-electron chi connectivity index (χ4n) is 3.11. The number of rotatable bonds is 4. The number of anilines is 1. The van der Waals surface area contributed by atoms with Crippen LogP contribution in [0.2, 0.25) is 5.15 Å². The Kier molecular flexibility index (Phi) is 4.76. The predicted octanol–water partition coefficient (Wildman–Crippen LogP) is 4.63. The zero-order valence-corrected chi connectivity index (χ0v) is 17.1. The van der Waals surface area contributed by atoms with Gasteiger partial charge in [-0.1, -0.05) is 17.7 Å². The number of halogens is 2. The van der Waals surface area contributed by atoms with Crippen molar-refractivity contribution < 1.29 is 12.8 Å². The molecular formula is C20H16ClFN4O2S. The third kappa shape index (κ3) is 3.81. The van der Waals surface area contributed by atoms with Gasteiger partial charge in [-0.3, -0.25) is 4.72 Å². The molecule has 4 aromatic rings. The lowest BCUT2D eigenvalue weighted by Crippen LogP contribution is -2.15. The second kappa shape index (κ2) is 7.13. The fourth-order valence-corrected chi connectivity index (χ4v) is 4.41. The number of aryl methyl sites for hydroxylation is 2. The maximum absolute atomic E-state index is 14.5. The van der Waals surface area contributed by atoms with E-state index in [2.05, 4.69) is 14.8 Å². The summed E-state index contributed by atoms with van der Waals surface area (Å²) in [6.45, 7) is 3.78. The van der Waals surface area contributed by atoms with Gasteiger partial charge in [0.1, 0.15) is 15.9 Å². The van der Waals surface area contributed by atoms with Gasteiger partial charge in [-0.15, -0.1) is 0 Å². The molecule has 0 aliphatic rings. The largest absolute Gasteiger partial charge is 0.279 e. The van der Waals surface area contributed by atoms with Crippen LogP contribution in [0.1, 0.15) is 11.4 Å². The van der Waals surface area contributed by atoms with Gasteiger partial charge in [-0.2, -0.15) is 5.10 Å². The van der Waals surface area contributed by atoms with E-state index in [0.717, 1.165) is 17.5 Å². The third-order valence-electron chi connectivity index (χ3n) is 4.35. The van der Waals surface area contributed by atoms with Crippen molar-refractivity contribution in [3.05, 3.63) is 77.0 Å². The number of nitrogens with one attached hydrogen (secondary N) is 1. The quantitative estimate of drug-likeness (QED) is 0.479. The maximum Gasteiger partial charge on any atom is 0.264 e. The molecule has 0 atom stereocenters. The zero-order chi connectivity index (χ0) is 20.8. The van der Waals surface area contributed by atoms with Crippen LogP contribution >= 0.6 is 11.6 Å². The molecule has 9 heteroatoms. The average molecular weight is 431 g/mol. The molecule has 1 N–H and O–H groups in total. The second-order valence-corrected chi connectivity index (χ2v) is 8.64. The van der Waals surface area contributed by atoms with Crippen LogP contribution in [0.5, 0.6) is 0 Å². The molecule has 0 saturated carbocycles. The number of hydrogen-bond acceptors (Lipinski definition) is 4. The minimum absolute atomic E-state index is 0.201. The van der Waals surface area contributed by atoms with Crippen LogP contribution in [0.3, 0.4) is 0 Å². The van der Waals surface area contributed by atoms with Crippen molar-refractivity contribution in [3.63, 3.8) is 0 Å². The Labute approximate surface area is 172 Å². The maximum atomic E-state index is 14.5. The first-order valence-electron chi connectivity index (χ1n) is 8.65. The third-order valence-corrected chi connectivity index (χ3v) is 5.96. The number of aromatic nitrogens is 3. The van der Waals surface area contributed by atoms with E-state index in [1.54, 1.807) is 28.9 Å². The van der Waals surface area contributed by atoms with E-state index in [0.29, 0.717) is 16.8 Å². The monoisotopic (exact) mass is 430 g/mol. The van der Waals surface area contributed by atoms with Gasteiger partial charge >= 0.3 is 0 Å². The summed E-state index contributed by atoms with van der Waals surface area (Å²) in [5, 5.41) is 5.06. The van der Waals surface area contributed by atoms with Gasteiger partial charge in [0.15, 0.2) is 0 Å². The molecular weight excluding hydrogens is 415 g/mol. The highest BCUT2D eigenvalue weighted by atomic mass is 35.5. The Bertz CT molecular complexity index is 1350. The summed E-state index contributed by atoms with van der Waals surface area (Å²) in [5.41, 5.74) is 3.02. The molecule has 0 spiro atoms. The van der Waals surface area contributed by atoms with Gasteiger partial charge in [-0.05, 0) is 56.3 Å². The van der Waals surface area contributed by atoms with Crippen molar-refractivity contribution in [3.8, 4) is 5.69 Å². The number of nitrogens with zero attached hydrogens (tertiary/aromatic N) is 3. The van der Waals surface area contributed by atoms with E-state index >= 15 is 0 Å². The zero-order valence-electron chi connectivity index (χ0n) is 15.5. The van der Waals surface area contributed by atoms with Gasteiger partial charge in [0.05, 0.1) is 22.6 Å². The highest BCUT2D eigenvalue weighted by Crippen LogP contribution is 2.26. The van der Waals surface area contributed by atoms with Crippen molar-refractivity contribution in [2.24, 2.45) is 0 Å². The van der Waals surface area contributed by atoms with Crippen LogP contribution in [0.15, 0.2) is 59.5 Å². The Hall–Kier alpha value is -2.97. The van der Waals surface area contributed by atoms with Gasteiger partial charge in [0.2, 0.25) is 0 Å². The van der Waals surface area contributed by atoms with Crippen molar-refractivity contribution in [1.82, 2.24) is 14.8 Å². The van der Waals surface area contributed by atoms with Crippen LogP contribution in [-0.2, 0) is 10.0 Å². The van der Waals surface area contributed by atoms with E-state index in [1.165, 1.54) is 12.1 Å². The number of pyridine rings is 1. The minimum atomic E-state index is -4.16. The van der Waals surface area contributed by atoms with E-state index in [4.69, 9.17) is 11.6 Å². The molecule has 2 aromatic carbocycles. The molecule has 6 nitrogen and oxygen atoms in total.